The second kappa shape index (κ2) is 8.12. The molecule has 0 bridgehead atoms. The van der Waals surface area contributed by atoms with Gasteiger partial charge in [-0.1, -0.05) is 13.8 Å². The summed E-state index contributed by atoms with van der Waals surface area (Å²) in [6, 6.07) is -0.915. The largest absolute Gasteiger partial charge is 0.376 e. The van der Waals surface area contributed by atoms with E-state index in [0.717, 1.165) is 0 Å². The number of carbonyl (C=O) groups is 2. The highest BCUT2D eigenvalue weighted by molar-refractivity contribution is 5.87. The number of rotatable bonds is 7. The van der Waals surface area contributed by atoms with Crippen molar-refractivity contribution in [2.45, 2.75) is 65.9 Å². The molecule has 3 atom stereocenters. The van der Waals surface area contributed by atoms with Crippen molar-refractivity contribution in [3.05, 3.63) is 0 Å². The molecule has 6 heteroatoms. The lowest BCUT2D eigenvalue weighted by atomic mass is 10.0. The van der Waals surface area contributed by atoms with Crippen LogP contribution in [0, 0.1) is 5.92 Å². The predicted molar refractivity (Wildman–Crippen MR) is 74.3 cm³/mol. The van der Waals surface area contributed by atoms with Gasteiger partial charge in [-0.3, -0.25) is 14.9 Å². The van der Waals surface area contributed by atoms with Crippen molar-refractivity contribution in [2.75, 3.05) is 0 Å². The zero-order valence-electron chi connectivity index (χ0n) is 12.7. The Labute approximate surface area is 115 Å². The molecule has 0 aliphatic heterocycles. The van der Waals surface area contributed by atoms with Gasteiger partial charge in [0.05, 0.1) is 6.04 Å². The number of aliphatic hydroxyl groups excluding tert-OH is 1. The second-order valence-electron chi connectivity index (χ2n) is 5.49. The minimum atomic E-state index is -0.825. The number of nitrogens with one attached hydrogen (secondary N) is 3. The van der Waals surface area contributed by atoms with Crippen LogP contribution in [0.3, 0.4) is 0 Å². The molecule has 0 radical (unpaired) electrons. The van der Waals surface area contributed by atoms with Crippen LogP contribution < -0.4 is 16.0 Å². The molecule has 4 N–H and O–H groups in total. The van der Waals surface area contributed by atoms with Crippen LogP contribution in [-0.2, 0) is 9.59 Å². The molecule has 0 aliphatic carbocycles. The first kappa shape index (κ1) is 17.9. The van der Waals surface area contributed by atoms with E-state index in [-0.39, 0.29) is 23.8 Å². The van der Waals surface area contributed by atoms with E-state index in [9.17, 15) is 14.7 Å². The fraction of sp³-hybridized carbons (Fsp3) is 0.846. The maximum absolute atomic E-state index is 12.1. The van der Waals surface area contributed by atoms with Crippen LogP contribution in [0.4, 0.5) is 0 Å². The summed E-state index contributed by atoms with van der Waals surface area (Å²) in [5.74, 6) is -0.559. The van der Waals surface area contributed by atoms with Crippen molar-refractivity contribution >= 4 is 11.8 Å². The monoisotopic (exact) mass is 273 g/mol. The Morgan fingerprint density at radius 3 is 1.89 bits per heavy atom. The number of aliphatic hydroxyl groups is 1. The maximum atomic E-state index is 12.1. The van der Waals surface area contributed by atoms with Gasteiger partial charge in [-0.05, 0) is 26.7 Å². The Hall–Kier alpha value is -1.14. The summed E-state index contributed by atoms with van der Waals surface area (Å²) >= 11 is 0. The van der Waals surface area contributed by atoms with Crippen LogP contribution in [0.15, 0.2) is 0 Å². The molecular weight excluding hydrogens is 246 g/mol. The first-order chi connectivity index (χ1) is 8.65. The lowest BCUT2D eigenvalue weighted by Crippen LogP contribution is -2.56. The van der Waals surface area contributed by atoms with Gasteiger partial charge in [0, 0.05) is 13.0 Å². The van der Waals surface area contributed by atoms with Crippen LogP contribution >= 0.6 is 0 Å². The molecule has 0 rings (SSSR count). The first-order valence-corrected chi connectivity index (χ1v) is 6.66. The Morgan fingerprint density at radius 2 is 1.53 bits per heavy atom. The minimum absolute atomic E-state index is 0.0219. The number of carbonyl (C=O) groups excluding carboxylic acids is 2. The van der Waals surface area contributed by atoms with Crippen molar-refractivity contribution in [1.82, 2.24) is 16.0 Å². The third-order valence-electron chi connectivity index (χ3n) is 2.66. The van der Waals surface area contributed by atoms with Crippen LogP contribution in [-0.4, -0.2) is 41.3 Å². The molecule has 0 saturated heterocycles. The van der Waals surface area contributed by atoms with E-state index in [4.69, 9.17) is 0 Å². The zero-order chi connectivity index (χ0) is 15.2. The minimum Gasteiger partial charge on any atom is -0.376 e. The normalized spacial score (nSPS) is 16.1. The van der Waals surface area contributed by atoms with Crippen LogP contribution in [0.25, 0.3) is 0 Å². The van der Waals surface area contributed by atoms with Crippen molar-refractivity contribution in [3.8, 4) is 0 Å². The molecule has 0 spiro atoms. The zero-order valence-corrected chi connectivity index (χ0v) is 12.7. The molecule has 0 saturated carbocycles. The summed E-state index contributed by atoms with van der Waals surface area (Å²) in [6.07, 6.45) is -0.825. The Balaban J connectivity index is 4.50. The van der Waals surface area contributed by atoms with E-state index < -0.39 is 18.3 Å². The number of hydrogen-bond donors (Lipinski definition) is 4. The molecule has 6 nitrogen and oxygen atoms in total. The molecule has 2 amide bonds. The lowest BCUT2D eigenvalue weighted by Gasteiger charge is -2.27. The Kier molecular flexibility index (Phi) is 7.63. The summed E-state index contributed by atoms with van der Waals surface area (Å²) in [6.45, 7) is 10.6. The summed E-state index contributed by atoms with van der Waals surface area (Å²) < 4.78 is 0. The second-order valence-corrected chi connectivity index (χ2v) is 5.49. The quantitative estimate of drug-likeness (QED) is 0.490. The average molecular weight is 273 g/mol. The standard InChI is InChI=1S/C13H27N3O3/c1-7(2)11(16-10(6)17)13(19)15-9(5)12(18)14-8(3)4/h7-9,11-12,14,18H,1-6H3,(H,15,19)(H,16,17). The highest BCUT2D eigenvalue weighted by Gasteiger charge is 2.26. The summed E-state index contributed by atoms with van der Waals surface area (Å²) in [4.78, 5) is 23.1. The van der Waals surface area contributed by atoms with Crippen LogP contribution in [0.5, 0.6) is 0 Å². The smallest absolute Gasteiger partial charge is 0.243 e. The molecular formula is C13H27N3O3. The van der Waals surface area contributed by atoms with Gasteiger partial charge >= 0.3 is 0 Å². The van der Waals surface area contributed by atoms with E-state index in [1.165, 1.54) is 6.92 Å². The Morgan fingerprint density at radius 1 is 1.00 bits per heavy atom. The summed E-state index contributed by atoms with van der Waals surface area (Å²) in [5, 5.41) is 18.1. The average Bonchev–Trinajstić information content (AvgIpc) is 2.23. The van der Waals surface area contributed by atoms with Gasteiger partial charge in [-0.25, -0.2) is 0 Å². The van der Waals surface area contributed by atoms with Gasteiger partial charge in [0.15, 0.2) is 0 Å². The molecule has 0 aromatic rings. The van der Waals surface area contributed by atoms with Gasteiger partial charge in [-0.15, -0.1) is 0 Å². The first-order valence-electron chi connectivity index (χ1n) is 6.66. The van der Waals surface area contributed by atoms with Crippen LogP contribution in [0.2, 0.25) is 0 Å². The number of hydrogen-bond acceptors (Lipinski definition) is 4. The molecule has 0 aliphatic rings. The van der Waals surface area contributed by atoms with E-state index in [0.29, 0.717) is 0 Å². The van der Waals surface area contributed by atoms with E-state index in [1.54, 1.807) is 6.92 Å². The Bertz CT molecular complexity index is 306. The predicted octanol–water partition coefficient (Wildman–Crippen LogP) is -0.0318. The van der Waals surface area contributed by atoms with Gasteiger partial charge < -0.3 is 15.7 Å². The molecule has 0 aromatic heterocycles. The van der Waals surface area contributed by atoms with E-state index >= 15 is 0 Å². The van der Waals surface area contributed by atoms with E-state index in [2.05, 4.69) is 16.0 Å². The molecule has 3 unspecified atom stereocenters. The van der Waals surface area contributed by atoms with Crippen molar-refractivity contribution < 1.29 is 14.7 Å². The molecule has 0 aromatic carbocycles. The molecule has 0 heterocycles. The van der Waals surface area contributed by atoms with Gasteiger partial charge in [0.2, 0.25) is 11.8 Å². The third kappa shape index (κ3) is 7.12. The van der Waals surface area contributed by atoms with Crippen molar-refractivity contribution in [1.29, 1.82) is 0 Å². The third-order valence-corrected chi connectivity index (χ3v) is 2.66. The SMILES string of the molecule is CC(=O)NC(C(=O)NC(C)C(O)NC(C)C)C(C)C. The highest BCUT2D eigenvalue weighted by Crippen LogP contribution is 2.03. The topological polar surface area (TPSA) is 90.5 Å². The lowest BCUT2D eigenvalue weighted by molar-refractivity contribution is -0.130. The van der Waals surface area contributed by atoms with Crippen molar-refractivity contribution in [2.24, 2.45) is 5.92 Å². The van der Waals surface area contributed by atoms with Crippen molar-refractivity contribution in [3.63, 3.8) is 0 Å². The highest BCUT2D eigenvalue weighted by atomic mass is 16.3. The molecule has 19 heavy (non-hydrogen) atoms. The van der Waals surface area contributed by atoms with Gasteiger partial charge in [-0.2, -0.15) is 0 Å². The summed E-state index contributed by atoms with van der Waals surface area (Å²) in [5.41, 5.74) is 0. The van der Waals surface area contributed by atoms with Crippen LogP contribution in [0.1, 0.15) is 41.5 Å². The fourth-order valence-electron chi connectivity index (χ4n) is 1.63. The fourth-order valence-corrected chi connectivity index (χ4v) is 1.63. The molecule has 112 valence electrons. The number of amides is 2. The molecule has 0 fully saturated rings. The van der Waals surface area contributed by atoms with Gasteiger partial charge in [0.1, 0.15) is 12.3 Å². The van der Waals surface area contributed by atoms with E-state index in [1.807, 2.05) is 27.7 Å². The van der Waals surface area contributed by atoms with Gasteiger partial charge in [0.25, 0.3) is 0 Å². The maximum Gasteiger partial charge on any atom is 0.243 e. The summed E-state index contributed by atoms with van der Waals surface area (Å²) in [7, 11) is 0.